The number of rotatable bonds is 3. The molecule has 16 heavy (non-hydrogen) atoms. The topological polar surface area (TPSA) is 88.0 Å². The third kappa shape index (κ3) is 1.87. The molecular weight excluding hydrogens is 210 g/mol. The number of nitrogens with one attached hydrogen (secondary N) is 1. The van der Waals surface area contributed by atoms with Crippen LogP contribution in [0.1, 0.15) is 32.1 Å². The molecule has 1 heterocycles. The monoisotopic (exact) mass is 225 g/mol. The van der Waals surface area contributed by atoms with Crippen LogP contribution in [0.2, 0.25) is 0 Å². The molecule has 0 spiro atoms. The van der Waals surface area contributed by atoms with E-state index in [4.69, 9.17) is 0 Å². The van der Waals surface area contributed by atoms with Gasteiger partial charge in [0.15, 0.2) is 0 Å². The molecule has 0 bridgehead atoms. The maximum atomic E-state index is 11.4. The van der Waals surface area contributed by atoms with Crippen LogP contribution in [0.25, 0.3) is 0 Å². The van der Waals surface area contributed by atoms with Crippen LogP contribution in [0, 0.1) is 5.41 Å². The van der Waals surface area contributed by atoms with E-state index in [9.17, 15) is 14.7 Å². The molecule has 0 saturated heterocycles. The number of nitrogens with zero attached hydrogens (tertiary/aromatic N) is 2. The molecular formula is C10H15N3O3. The minimum atomic E-state index is -0.805. The summed E-state index contributed by atoms with van der Waals surface area (Å²) < 4.78 is 1.35. The van der Waals surface area contributed by atoms with Crippen molar-refractivity contribution in [1.82, 2.24) is 14.8 Å². The molecule has 1 aromatic rings. The van der Waals surface area contributed by atoms with Gasteiger partial charge in [0.2, 0.25) is 0 Å². The van der Waals surface area contributed by atoms with Crippen LogP contribution in [0.15, 0.2) is 11.1 Å². The number of hydrogen-bond acceptors (Lipinski definition) is 3. The summed E-state index contributed by atoms with van der Waals surface area (Å²) in [6.45, 7) is 0.220. The van der Waals surface area contributed by atoms with Gasteiger partial charge in [-0.15, -0.1) is 0 Å². The number of aromatic amines is 1. The highest BCUT2D eigenvalue weighted by Crippen LogP contribution is 2.37. The predicted molar refractivity (Wildman–Crippen MR) is 56.0 cm³/mol. The summed E-state index contributed by atoms with van der Waals surface area (Å²) in [7, 11) is 0. The molecule has 2 N–H and O–H groups in total. The Hall–Kier alpha value is -1.59. The van der Waals surface area contributed by atoms with E-state index in [1.54, 1.807) is 0 Å². The number of H-pyrrole nitrogens is 1. The first-order valence-electron chi connectivity index (χ1n) is 5.47. The first-order valence-corrected chi connectivity index (χ1v) is 5.47. The van der Waals surface area contributed by atoms with Crippen molar-refractivity contribution in [3.05, 3.63) is 16.8 Å². The maximum absolute atomic E-state index is 11.4. The van der Waals surface area contributed by atoms with Gasteiger partial charge in [0, 0.05) is 6.54 Å². The zero-order valence-electron chi connectivity index (χ0n) is 8.98. The van der Waals surface area contributed by atoms with E-state index in [0.29, 0.717) is 12.8 Å². The van der Waals surface area contributed by atoms with E-state index in [-0.39, 0.29) is 12.2 Å². The summed E-state index contributed by atoms with van der Waals surface area (Å²) in [5, 5.41) is 15.2. The number of hydrogen-bond donors (Lipinski definition) is 2. The first-order chi connectivity index (χ1) is 7.64. The van der Waals surface area contributed by atoms with Gasteiger partial charge in [-0.1, -0.05) is 19.3 Å². The summed E-state index contributed by atoms with van der Waals surface area (Å²) in [5.41, 5.74) is -1.13. The Balaban J connectivity index is 2.24. The number of carboxylic acids is 1. The zero-order chi connectivity index (χ0) is 11.6. The van der Waals surface area contributed by atoms with Gasteiger partial charge in [-0.25, -0.2) is 9.89 Å². The molecule has 1 fully saturated rings. The number of carbonyl (C=O) groups is 1. The molecule has 0 radical (unpaired) electrons. The molecule has 88 valence electrons. The lowest BCUT2D eigenvalue weighted by Gasteiger charge is -2.32. The Bertz CT molecular complexity index is 429. The van der Waals surface area contributed by atoms with Gasteiger partial charge in [0.05, 0.1) is 5.41 Å². The average molecular weight is 225 g/mol. The lowest BCUT2D eigenvalue weighted by molar-refractivity contribution is -0.152. The Morgan fingerprint density at radius 1 is 1.50 bits per heavy atom. The fourth-order valence-electron chi connectivity index (χ4n) is 2.38. The van der Waals surface area contributed by atoms with Gasteiger partial charge in [-0.2, -0.15) is 5.10 Å². The van der Waals surface area contributed by atoms with Gasteiger partial charge < -0.3 is 5.11 Å². The SMILES string of the molecule is O=C(O)C1(Cn2cn[nH]c2=O)CCCCC1. The standard InChI is InChI=1S/C10H15N3O3/c14-8(15)10(4-2-1-3-5-10)6-13-7-11-12-9(13)16/h7H,1-6H2,(H,12,16)(H,14,15). The second-order valence-corrected chi connectivity index (χ2v) is 4.44. The summed E-state index contributed by atoms with van der Waals surface area (Å²) >= 11 is 0. The largest absolute Gasteiger partial charge is 0.481 e. The van der Waals surface area contributed by atoms with Crippen molar-refractivity contribution in [2.45, 2.75) is 38.6 Å². The molecule has 0 aromatic carbocycles. The molecule has 1 aromatic heterocycles. The maximum Gasteiger partial charge on any atom is 0.343 e. The minimum Gasteiger partial charge on any atom is -0.481 e. The summed E-state index contributed by atoms with van der Waals surface area (Å²) in [4.78, 5) is 22.7. The molecule has 1 saturated carbocycles. The van der Waals surface area contributed by atoms with Crippen LogP contribution in [-0.4, -0.2) is 25.8 Å². The summed E-state index contributed by atoms with van der Waals surface area (Å²) in [6.07, 6.45) is 5.55. The van der Waals surface area contributed by atoms with E-state index < -0.39 is 11.4 Å². The van der Waals surface area contributed by atoms with Gasteiger partial charge >= 0.3 is 11.7 Å². The highest BCUT2D eigenvalue weighted by atomic mass is 16.4. The minimum absolute atomic E-state index is 0.220. The third-order valence-electron chi connectivity index (χ3n) is 3.36. The van der Waals surface area contributed by atoms with E-state index in [2.05, 4.69) is 10.2 Å². The third-order valence-corrected chi connectivity index (χ3v) is 3.36. The van der Waals surface area contributed by atoms with Gasteiger partial charge in [-0.05, 0) is 12.8 Å². The smallest absolute Gasteiger partial charge is 0.343 e. The zero-order valence-corrected chi connectivity index (χ0v) is 8.98. The van der Waals surface area contributed by atoms with E-state index in [1.165, 1.54) is 10.9 Å². The molecule has 1 aliphatic carbocycles. The van der Waals surface area contributed by atoms with Crippen LogP contribution < -0.4 is 5.69 Å². The normalized spacial score (nSPS) is 19.5. The molecule has 0 atom stereocenters. The Labute approximate surface area is 92.3 Å². The second-order valence-electron chi connectivity index (χ2n) is 4.44. The highest BCUT2D eigenvalue weighted by molar-refractivity contribution is 5.74. The number of aromatic nitrogens is 3. The lowest BCUT2D eigenvalue weighted by atomic mass is 9.74. The van der Waals surface area contributed by atoms with Crippen LogP contribution in [0.3, 0.4) is 0 Å². The first kappa shape index (κ1) is 10.9. The highest BCUT2D eigenvalue weighted by Gasteiger charge is 2.40. The van der Waals surface area contributed by atoms with Crippen LogP contribution >= 0.6 is 0 Å². The molecule has 0 amide bonds. The second kappa shape index (κ2) is 4.11. The summed E-state index contributed by atoms with van der Waals surface area (Å²) in [5.74, 6) is -0.805. The Kier molecular flexibility index (Phi) is 2.80. The van der Waals surface area contributed by atoms with Crippen molar-refractivity contribution in [2.24, 2.45) is 5.41 Å². The number of carboxylic acid groups (broad SMARTS) is 1. The van der Waals surface area contributed by atoms with Crippen LogP contribution in [0.4, 0.5) is 0 Å². The van der Waals surface area contributed by atoms with Crippen molar-refractivity contribution >= 4 is 5.97 Å². The summed E-state index contributed by atoms with van der Waals surface area (Å²) in [6, 6.07) is 0. The van der Waals surface area contributed by atoms with Gasteiger partial charge in [0.25, 0.3) is 0 Å². The van der Waals surface area contributed by atoms with E-state index >= 15 is 0 Å². The molecule has 2 rings (SSSR count). The van der Waals surface area contributed by atoms with Crippen molar-refractivity contribution in [3.63, 3.8) is 0 Å². The molecule has 1 aliphatic rings. The van der Waals surface area contributed by atoms with E-state index in [1.807, 2.05) is 0 Å². The molecule has 6 heteroatoms. The Morgan fingerprint density at radius 3 is 2.69 bits per heavy atom. The fraction of sp³-hybridized carbons (Fsp3) is 0.700. The van der Waals surface area contributed by atoms with Gasteiger partial charge in [0.1, 0.15) is 6.33 Å². The fourth-order valence-corrected chi connectivity index (χ4v) is 2.38. The quantitative estimate of drug-likeness (QED) is 0.788. The van der Waals surface area contributed by atoms with E-state index in [0.717, 1.165) is 19.3 Å². The van der Waals surface area contributed by atoms with Crippen LogP contribution in [0.5, 0.6) is 0 Å². The van der Waals surface area contributed by atoms with Crippen molar-refractivity contribution in [1.29, 1.82) is 0 Å². The van der Waals surface area contributed by atoms with Crippen molar-refractivity contribution in [2.75, 3.05) is 0 Å². The van der Waals surface area contributed by atoms with Crippen molar-refractivity contribution in [3.8, 4) is 0 Å². The number of aliphatic carboxylic acids is 1. The molecule has 6 nitrogen and oxygen atoms in total. The van der Waals surface area contributed by atoms with Crippen LogP contribution in [-0.2, 0) is 11.3 Å². The lowest BCUT2D eigenvalue weighted by Crippen LogP contribution is -2.39. The Morgan fingerprint density at radius 2 is 2.19 bits per heavy atom. The average Bonchev–Trinajstić information content (AvgIpc) is 2.65. The molecule has 0 aliphatic heterocycles. The van der Waals surface area contributed by atoms with Crippen molar-refractivity contribution < 1.29 is 9.90 Å². The predicted octanol–water partition coefficient (Wildman–Crippen LogP) is 0.606. The molecule has 0 unspecified atom stereocenters. The van der Waals surface area contributed by atoms with Gasteiger partial charge in [-0.3, -0.25) is 9.36 Å².